The predicted octanol–water partition coefficient (Wildman–Crippen LogP) is 2.90. The van der Waals surface area contributed by atoms with Crippen LogP contribution in [0.15, 0.2) is 53.4 Å². The van der Waals surface area contributed by atoms with Crippen molar-refractivity contribution in [1.29, 1.82) is 0 Å². The van der Waals surface area contributed by atoms with Crippen molar-refractivity contribution in [3.05, 3.63) is 65.5 Å². The molecule has 3 rings (SSSR count). The molecular formula is C17H18FNO3S. The molecule has 0 bridgehead atoms. The summed E-state index contributed by atoms with van der Waals surface area (Å²) in [5, 5.41) is 0. The van der Waals surface area contributed by atoms with Crippen LogP contribution < -0.4 is 0 Å². The molecule has 0 spiro atoms. The summed E-state index contributed by atoms with van der Waals surface area (Å²) in [6, 6.07) is 13.3. The third kappa shape index (κ3) is 3.29. The number of ether oxygens (including phenoxy) is 1. The highest BCUT2D eigenvalue weighted by Crippen LogP contribution is 2.27. The van der Waals surface area contributed by atoms with Crippen LogP contribution in [0.4, 0.5) is 4.39 Å². The summed E-state index contributed by atoms with van der Waals surface area (Å²) >= 11 is 0. The van der Waals surface area contributed by atoms with Gasteiger partial charge >= 0.3 is 0 Å². The Morgan fingerprint density at radius 1 is 1.17 bits per heavy atom. The monoisotopic (exact) mass is 335 g/mol. The summed E-state index contributed by atoms with van der Waals surface area (Å²) in [5.41, 5.74) is 1.36. The summed E-state index contributed by atoms with van der Waals surface area (Å²) in [6.45, 7) is 2.48. The van der Waals surface area contributed by atoms with Crippen LogP contribution in [0.25, 0.3) is 0 Å². The van der Waals surface area contributed by atoms with Gasteiger partial charge in [0.15, 0.2) is 0 Å². The predicted molar refractivity (Wildman–Crippen MR) is 85.0 cm³/mol. The molecule has 2 aromatic rings. The first-order valence-electron chi connectivity index (χ1n) is 7.41. The number of morpholine rings is 1. The van der Waals surface area contributed by atoms with E-state index in [0.29, 0.717) is 18.7 Å². The van der Waals surface area contributed by atoms with Crippen molar-refractivity contribution in [2.45, 2.75) is 17.9 Å². The second kappa shape index (κ2) is 6.39. The van der Waals surface area contributed by atoms with E-state index in [-0.39, 0.29) is 17.5 Å². The summed E-state index contributed by atoms with van der Waals surface area (Å²) < 4.78 is 46.0. The van der Waals surface area contributed by atoms with Crippen molar-refractivity contribution < 1.29 is 17.5 Å². The Bertz CT molecular complexity index is 793. The quantitative estimate of drug-likeness (QED) is 0.866. The van der Waals surface area contributed by atoms with Gasteiger partial charge in [-0.3, -0.25) is 0 Å². The molecule has 1 fully saturated rings. The molecule has 1 atom stereocenters. The Hall–Kier alpha value is -1.76. The molecule has 0 amide bonds. The van der Waals surface area contributed by atoms with Gasteiger partial charge < -0.3 is 4.74 Å². The number of nitrogens with zero attached hydrogens (tertiary/aromatic N) is 1. The third-order valence-corrected chi connectivity index (χ3v) is 5.98. The highest BCUT2D eigenvalue weighted by atomic mass is 32.2. The minimum absolute atomic E-state index is 0.146. The van der Waals surface area contributed by atoms with Crippen LogP contribution >= 0.6 is 0 Å². The number of rotatable bonds is 3. The smallest absolute Gasteiger partial charge is 0.243 e. The zero-order chi connectivity index (χ0) is 16.4. The molecule has 4 nitrogen and oxygen atoms in total. The fourth-order valence-corrected chi connectivity index (χ4v) is 4.39. The Kier molecular flexibility index (Phi) is 4.48. The maximum atomic E-state index is 13.2. The molecule has 1 aliphatic heterocycles. The number of benzene rings is 2. The van der Waals surface area contributed by atoms with Gasteiger partial charge in [0.2, 0.25) is 10.0 Å². The highest BCUT2D eigenvalue weighted by Gasteiger charge is 2.32. The van der Waals surface area contributed by atoms with E-state index >= 15 is 0 Å². The zero-order valence-corrected chi connectivity index (χ0v) is 13.6. The molecule has 1 aliphatic rings. The van der Waals surface area contributed by atoms with E-state index < -0.39 is 15.8 Å². The van der Waals surface area contributed by atoms with Gasteiger partial charge in [0.05, 0.1) is 17.6 Å². The molecule has 122 valence electrons. The molecule has 6 heteroatoms. The average molecular weight is 335 g/mol. The van der Waals surface area contributed by atoms with Gasteiger partial charge in [-0.25, -0.2) is 12.8 Å². The molecule has 0 aliphatic carbocycles. The lowest BCUT2D eigenvalue weighted by Gasteiger charge is -2.32. The average Bonchev–Trinajstić information content (AvgIpc) is 2.55. The van der Waals surface area contributed by atoms with Gasteiger partial charge in [-0.1, -0.05) is 30.3 Å². The maximum absolute atomic E-state index is 13.2. The standard InChI is InChI=1S/C17H18FNO3S/c1-13-11-15(18)7-8-17(13)23(20,21)19-9-10-22-16(12-19)14-5-3-2-4-6-14/h2-8,11,16H,9-10,12H2,1H3. The molecule has 0 saturated carbocycles. The molecule has 0 N–H and O–H groups in total. The van der Waals surface area contributed by atoms with Gasteiger partial charge in [0.1, 0.15) is 5.82 Å². The SMILES string of the molecule is Cc1cc(F)ccc1S(=O)(=O)N1CCOC(c2ccccc2)C1. The van der Waals surface area contributed by atoms with Crippen molar-refractivity contribution in [3.8, 4) is 0 Å². The van der Waals surface area contributed by atoms with Crippen molar-refractivity contribution >= 4 is 10.0 Å². The van der Waals surface area contributed by atoms with Crippen molar-refractivity contribution in [2.24, 2.45) is 0 Å². The van der Waals surface area contributed by atoms with Gasteiger partial charge in [0.25, 0.3) is 0 Å². The van der Waals surface area contributed by atoms with E-state index in [9.17, 15) is 12.8 Å². The normalized spacial score (nSPS) is 19.7. The Morgan fingerprint density at radius 3 is 2.61 bits per heavy atom. The fourth-order valence-electron chi connectivity index (χ4n) is 2.75. The number of aryl methyl sites for hydroxylation is 1. The van der Waals surface area contributed by atoms with E-state index in [0.717, 1.165) is 5.56 Å². The fraction of sp³-hybridized carbons (Fsp3) is 0.294. The molecule has 0 radical (unpaired) electrons. The molecule has 2 aromatic carbocycles. The second-order valence-corrected chi connectivity index (χ2v) is 7.45. The first-order chi connectivity index (χ1) is 11.0. The molecule has 1 saturated heterocycles. The minimum atomic E-state index is -3.66. The lowest BCUT2D eigenvalue weighted by molar-refractivity contribution is -0.00256. The number of hydrogen-bond donors (Lipinski definition) is 0. The van der Waals surface area contributed by atoms with Crippen LogP contribution in [0.2, 0.25) is 0 Å². The van der Waals surface area contributed by atoms with Crippen LogP contribution in [0.3, 0.4) is 0 Å². The third-order valence-electron chi connectivity index (χ3n) is 3.96. The van der Waals surface area contributed by atoms with Crippen LogP contribution in [0, 0.1) is 12.7 Å². The summed E-state index contributed by atoms with van der Waals surface area (Å²) in [6.07, 6.45) is -0.291. The summed E-state index contributed by atoms with van der Waals surface area (Å²) in [7, 11) is -3.66. The van der Waals surface area contributed by atoms with Crippen LogP contribution in [-0.2, 0) is 14.8 Å². The lowest BCUT2D eigenvalue weighted by atomic mass is 10.1. The van der Waals surface area contributed by atoms with Crippen molar-refractivity contribution in [2.75, 3.05) is 19.7 Å². The van der Waals surface area contributed by atoms with Crippen molar-refractivity contribution in [3.63, 3.8) is 0 Å². The van der Waals surface area contributed by atoms with E-state index in [1.165, 1.54) is 22.5 Å². The van der Waals surface area contributed by atoms with Gasteiger partial charge in [-0.15, -0.1) is 0 Å². The van der Waals surface area contributed by atoms with Gasteiger partial charge in [0, 0.05) is 13.1 Å². The van der Waals surface area contributed by atoms with Gasteiger partial charge in [-0.2, -0.15) is 4.31 Å². The summed E-state index contributed by atoms with van der Waals surface area (Å²) in [5.74, 6) is -0.439. The van der Waals surface area contributed by atoms with E-state index in [4.69, 9.17) is 4.74 Å². The topological polar surface area (TPSA) is 46.6 Å². The minimum Gasteiger partial charge on any atom is -0.371 e. The lowest BCUT2D eigenvalue weighted by Crippen LogP contribution is -2.42. The molecular weight excluding hydrogens is 317 g/mol. The summed E-state index contributed by atoms with van der Waals surface area (Å²) in [4.78, 5) is 0.146. The zero-order valence-electron chi connectivity index (χ0n) is 12.8. The van der Waals surface area contributed by atoms with E-state index in [2.05, 4.69) is 0 Å². The number of sulfonamides is 1. The van der Waals surface area contributed by atoms with E-state index in [1.54, 1.807) is 6.92 Å². The highest BCUT2D eigenvalue weighted by molar-refractivity contribution is 7.89. The van der Waals surface area contributed by atoms with Crippen LogP contribution in [0.5, 0.6) is 0 Å². The maximum Gasteiger partial charge on any atom is 0.243 e. The van der Waals surface area contributed by atoms with Crippen LogP contribution in [0.1, 0.15) is 17.2 Å². The number of hydrogen-bond acceptors (Lipinski definition) is 3. The second-order valence-electron chi connectivity index (χ2n) is 5.54. The van der Waals surface area contributed by atoms with Crippen LogP contribution in [-0.4, -0.2) is 32.4 Å². The first kappa shape index (κ1) is 16.1. The molecule has 23 heavy (non-hydrogen) atoms. The van der Waals surface area contributed by atoms with Gasteiger partial charge in [-0.05, 0) is 36.2 Å². The van der Waals surface area contributed by atoms with E-state index in [1.807, 2.05) is 30.3 Å². The van der Waals surface area contributed by atoms with Crippen molar-refractivity contribution in [1.82, 2.24) is 4.31 Å². The largest absolute Gasteiger partial charge is 0.371 e. The Labute approximate surface area is 135 Å². The Morgan fingerprint density at radius 2 is 1.91 bits per heavy atom. The molecule has 1 heterocycles. The first-order valence-corrected chi connectivity index (χ1v) is 8.85. The Balaban J connectivity index is 1.88. The number of halogens is 1. The molecule has 1 unspecified atom stereocenters. The molecule has 0 aromatic heterocycles.